The van der Waals surface area contributed by atoms with Crippen molar-refractivity contribution in [3.63, 3.8) is 0 Å². The van der Waals surface area contributed by atoms with Crippen LogP contribution in [0.2, 0.25) is 10.3 Å². The second-order valence-electron chi connectivity index (χ2n) is 2.37. The van der Waals surface area contributed by atoms with Crippen LogP contribution < -0.4 is 5.32 Å². The number of nitrogens with one attached hydrogen (secondary N) is 2. The summed E-state index contributed by atoms with van der Waals surface area (Å²) in [6.45, 7) is 2.70. The summed E-state index contributed by atoms with van der Waals surface area (Å²) >= 11 is 11.5. The number of rotatable bonds is 3. The van der Waals surface area contributed by atoms with E-state index in [0.29, 0.717) is 10.7 Å². The summed E-state index contributed by atoms with van der Waals surface area (Å²) in [7, 11) is 0. The average Bonchev–Trinajstić information content (AvgIpc) is 2.04. The van der Waals surface area contributed by atoms with E-state index < -0.39 is 0 Å². The highest BCUT2D eigenvalue weighted by molar-refractivity contribution is 6.34. The Morgan fingerprint density at radius 2 is 2.31 bits per heavy atom. The highest BCUT2D eigenvalue weighted by atomic mass is 35.5. The number of aromatic nitrogens is 1. The van der Waals surface area contributed by atoms with Gasteiger partial charge in [0.25, 0.3) is 0 Å². The van der Waals surface area contributed by atoms with Gasteiger partial charge in [0.1, 0.15) is 10.3 Å². The van der Waals surface area contributed by atoms with Crippen molar-refractivity contribution >= 4 is 35.1 Å². The third-order valence-electron chi connectivity index (χ3n) is 1.49. The second-order valence-corrected chi connectivity index (χ2v) is 3.12. The molecule has 0 aliphatic carbocycles. The maximum atomic E-state index is 7.14. The van der Waals surface area contributed by atoms with Crippen molar-refractivity contribution in [2.24, 2.45) is 0 Å². The SMILES string of the molecule is CCNc1cc(Cl)nc(Cl)c1C=N. The Balaban J connectivity index is 3.20. The Morgan fingerprint density at radius 1 is 1.62 bits per heavy atom. The van der Waals surface area contributed by atoms with Crippen LogP contribution in [0.4, 0.5) is 5.69 Å². The summed E-state index contributed by atoms with van der Waals surface area (Å²) in [5.41, 5.74) is 1.30. The lowest BCUT2D eigenvalue weighted by Crippen LogP contribution is -2.02. The van der Waals surface area contributed by atoms with Gasteiger partial charge in [0, 0.05) is 18.4 Å². The summed E-state index contributed by atoms with van der Waals surface area (Å²) in [5, 5.41) is 10.8. The molecule has 0 amide bonds. The minimum absolute atomic E-state index is 0.249. The summed E-state index contributed by atoms with van der Waals surface area (Å²) < 4.78 is 0. The zero-order chi connectivity index (χ0) is 9.84. The summed E-state index contributed by atoms with van der Waals surface area (Å²) in [5.74, 6) is 0. The molecule has 0 atom stereocenters. The number of hydrogen-bond acceptors (Lipinski definition) is 3. The van der Waals surface area contributed by atoms with Crippen molar-refractivity contribution in [2.75, 3.05) is 11.9 Å². The highest BCUT2D eigenvalue weighted by Gasteiger charge is 2.07. The number of nitrogens with zero attached hydrogens (tertiary/aromatic N) is 1. The zero-order valence-electron chi connectivity index (χ0n) is 7.06. The minimum Gasteiger partial charge on any atom is -0.385 e. The van der Waals surface area contributed by atoms with Crippen LogP contribution in [0.25, 0.3) is 0 Å². The summed E-state index contributed by atoms with van der Waals surface area (Å²) in [4.78, 5) is 3.83. The molecular formula is C8H9Cl2N3. The van der Waals surface area contributed by atoms with Gasteiger partial charge in [0.15, 0.2) is 0 Å². The molecule has 1 aromatic rings. The molecule has 2 N–H and O–H groups in total. The highest BCUT2D eigenvalue weighted by Crippen LogP contribution is 2.24. The first kappa shape index (κ1) is 10.3. The molecule has 70 valence electrons. The largest absolute Gasteiger partial charge is 0.385 e. The lowest BCUT2D eigenvalue weighted by atomic mass is 10.2. The van der Waals surface area contributed by atoms with Gasteiger partial charge in [-0.15, -0.1) is 0 Å². The van der Waals surface area contributed by atoms with Gasteiger partial charge in [0.2, 0.25) is 0 Å². The van der Waals surface area contributed by atoms with Gasteiger partial charge in [-0.25, -0.2) is 4.98 Å². The molecule has 13 heavy (non-hydrogen) atoms. The molecule has 0 spiro atoms. The number of pyridine rings is 1. The first-order chi connectivity index (χ1) is 6.19. The molecule has 0 radical (unpaired) electrons. The van der Waals surface area contributed by atoms with Crippen LogP contribution in [0.5, 0.6) is 0 Å². The van der Waals surface area contributed by atoms with E-state index in [2.05, 4.69) is 10.3 Å². The van der Waals surface area contributed by atoms with E-state index >= 15 is 0 Å². The smallest absolute Gasteiger partial charge is 0.141 e. The molecule has 0 unspecified atom stereocenters. The van der Waals surface area contributed by atoms with Gasteiger partial charge in [-0.3, -0.25) is 0 Å². The molecule has 3 nitrogen and oxygen atoms in total. The number of anilines is 1. The molecule has 0 saturated heterocycles. The fourth-order valence-electron chi connectivity index (χ4n) is 0.968. The quantitative estimate of drug-likeness (QED) is 0.605. The molecule has 0 fully saturated rings. The monoisotopic (exact) mass is 217 g/mol. The van der Waals surface area contributed by atoms with E-state index in [9.17, 15) is 0 Å². The lowest BCUT2D eigenvalue weighted by molar-refractivity contribution is 1.19. The molecule has 1 heterocycles. The third kappa shape index (κ3) is 2.32. The van der Waals surface area contributed by atoms with Gasteiger partial charge in [-0.1, -0.05) is 23.2 Å². The normalized spacial score (nSPS) is 9.77. The van der Waals surface area contributed by atoms with E-state index in [1.54, 1.807) is 6.07 Å². The fourth-order valence-corrected chi connectivity index (χ4v) is 1.45. The topological polar surface area (TPSA) is 48.8 Å². The van der Waals surface area contributed by atoms with Crippen LogP contribution in [-0.2, 0) is 0 Å². The number of hydrogen-bond donors (Lipinski definition) is 2. The summed E-state index contributed by atoms with van der Waals surface area (Å²) in [6, 6.07) is 1.65. The molecule has 0 saturated carbocycles. The van der Waals surface area contributed by atoms with Crippen LogP contribution in [0.3, 0.4) is 0 Å². The van der Waals surface area contributed by atoms with Crippen LogP contribution >= 0.6 is 23.2 Å². The predicted molar refractivity (Wildman–Crippen MR) is 56.3 cm³/mol. The van der Waals surface area contributed by atoms with Gasteiger partial charge in [-0.2, -0.15) is 0 Å². The molecule has 0 aliphatic heterocycles. The van der Waals surface area contributed by atoms with Crippen molar-refractivity contribution in [1.29, 1.82) is 5.41 Å². The van der Waals surface area contributed by atoms with Crippen LogP contribution in [0.15, 0.2) is 6.07 Å². The Bertz CT molecular complexity index is 325. The zero-order valence-corrected chi connectivity index (χ0v) is 8.58. The average molecular weight is 218 g/mol. The lowest BCUT2D eigenvalue weighted by Gasteiger charge is -2.08. The third-order valence-corrected chi connectivity index (χ3v) is 1.97. The van der Waals surface area contributed by atoms with Crippen molar-refractivity contribution in [2.45, 2.75) is 6.92 Å². The van der Waals surface area contributed by atoms with E-state index in [4.69, 9.17) is 28.6 Å². The molecule has 5 heteroatoms. The van der Waals surface area contributed by atoms with E-state index in [1.165, 1.54) is 0 Å². The van der Waals surface area contributed by atoms with Crippen molar-refractivity contribution in [3.05, 3.63) is 21.9 Å². The fraction of sp³-hybridized carbons (Fsp3) is 0.250. The minimum atomic E-state index is 0.249. The predicted octanol–water partition coefficient (Wildman–Crippen LogP) is 2.82. The molecule has 0 bridgehead atoms. The Labute approximate surface area is 86.6 Å². The van der Waals surface area contributed by atoms with E-state index in [-0.39, 0.29) is 5.15 Å². The van der Waals surface area contributed by atoms with Gasteiger partial charge in [0.05, 0.1) is 5.56 Å². The van der Waals surface area contributed by atoms with Gasteiger partial charge >= 0.3 is 0 Å². The number of halogens is 2. The maximum absolute atomic E-state index is 7.14. The van der Waals surface area contributed by atoms with Crippen LogP contribution in [-0.4, -0.2) is 17.7 Å². The molecular weight excluding hydrogens is 209 g/mol. The standard InChI is InChI=1S/C8H9Cl2N3/c1-2-12-6-3-7(9)13-8(10)5(6)4-11/h3-4,11H,2H2,1H3,(H,12,13). The van der Waals surface area contributed by atoms with Gasteiger partial charge < -0.3 is 10.7 Å². The van der Waals surface area contributed by atoms with E-state index in [1.807, 2.05) is 6.92 Å². The van der Waals surface area contributed by atoms with Crippen molar-refractivity contribution in [1.82, 2.24) is 4.98 Å². The molecule has 1 aromatic heterocycles. The van der Waals surface area contributed by atoms with E-state index in [0.717, 1.165) is 18.4 Å². The van der Waals surface area contributed by atoms with Crippen LogP contribution in [0.1, 0.15) is 12.5 Å². The molecule has 0 aliphatic rings. The van der Waals surface area contributed by atoms with Crippen molar-refractivity contribution in [3.8, 4) is 0 Å². The Kier molecular flexibility index (Phi) is 3.51. The van der Waals surface area contributed by atoms with Crippen LogP contribution in [0, 0.1) is 5.41 Å². The Morgan fingerprint density at radius 3 is 2.85 bits per heavy atom. The van der Waals surface area contributed by atoms with Crippen molar-refractivity contribution < 1.29 is 0 Å². The molecule has 0 aromatic carbocycles. The maximum Gasteiger partial charge on any atom is 0.141 e. The summed E-state index contributed by atoms with van der Waals surface area (Å²) in [6.07, 6.45) is 1.16. The molecule has 1 rings (SSSR count). The Hall–Kier alpha value is -0.800. The first-order valence-electron chi connectivity index (χ1n) is 3.79. The second kappa shape index (κ2) is 4.44. The van der Waals surface area contributed by atoms with Gasteiger partial charge in [-0.05, 0) is 13.0 Å². The first-order valence-corrected chi connectivity index (χ1v) is 4.55.